The molecule has 1 aromatic carbocycles. The van der Waals surface area contributed by atoms with Crippen LogP contribution < -0.4 is 14.5 Å². The Bertz CT molecular complexity index is 2010. The van der Waals surface area contributed by atoms with Gasteiger partial charge in [0.15, 0.2) is 0 Å². The first-order valence-electron chi connectivity index (χ1n) is 19.0. The summed E-state index contributed by atoms with van der Waals surface area (Å²) in [5, 5.41) is 11.3. The third-order valence-corrected chi connectivity index (χ3v) is 12.7. The number of nitrogens with zero attached hydrogens (tertiary/aromatic N) is 9. The number of amides is 1. The molecular formula is C39H49F2N9O3S. The van der Waals surface area contributed by atoms with E-state index < -0.39 is 17.6 Å². The Kier molecular flexibility index (Phi) is 9.36. The number of fused-ring (bicyclic) bond motifs is 5. The molecule has 7 heterocycles. The molecule has 3 aromatic rings. The lowest BCUT2D eigenvalue weighted by molar-refractivity contribution is 0.0122. The van der Waals surface area contributed by atoms with Crippen molar-refractivity contribution in [2.24, 2.45) is 4.99 Å². The summed E-state index contributed by atoms with van der Waals surface area (Å²) in [6.07, 6.45) is 5.15. The van der Waals surface area contributed by atoms with Crippen LogP contribution in [0.2, 0.25) is 0 Å². The number of ether oxygens (including phenoxy) is 2. The minimum absolute atomic E-state index is 0.0168. The van der Waals surface area contributed by atoms with E-state index in [9.17, 15) is 14.4 Å². The topological polar surface area (TPSA) is 114 Å². The van der Waals surface area contributed by atoms with E-state index in [1.54, 1.807) is 17.3 Å². The maximum absolute atomic E-state index is 15.4. The molecule has 5 aliphatic rings. The number of nitriles is 1. The quantitative estimate of drug-likeness (QED) is 0.198. The van der Waals surface area contributed by atoms with Gasteiger partial charge in [-0.3, -0.25) is 9.80 Å². The third-order valence-electron chi connectivity index (χ3n) is 11.6. The summed E-state index contributed by atoms with van der Waals surface area (Å²) >= 11 is 1.17. The number of carbonyl (C=O) groups is 1. The van der Waals surface area contributed by atoms with Crippen LogP contribution in [0.15, 0.2) is 17.1 Å². The van der Waals surface area contributed by atoms with Crippen LogP contribution in [-0.2, 0) is 17.7 Å². The Morgan fingerprint density at radius 1 is 1.20 bits per heavy atom. The van der Waals surface area contributed by atoms with Crippen molar-refractivity contribution < 1.29 is 23.0 Å². The van der Waals surface area contributed by atoms with Gasteiger partial charge in [0.2, 0.25) is 0 Å². The van der Waals surface area contributed by atoms with Crippen LogP contribution in [0.4, 0.5) is 30.1 Å². The van der Waals surface area contributed by atoms with Crippen molar-refractivity contribution in [1.82, 2.24) is 24.7 Å². The van der Waals surface area contributed by atoms with E-state index in [2.05, 4.69) is 32.7 Å². The van der Waals surface area contributed by atoms with Gasteiger partial charge in [-0.1, -0.05) is 0 Å². The summed E-state index contributed by atoms with van der Waals surface area (Å²) in [4.78, 5) is 38.4. The van der Waals surface area contributed by atoms with Gasteiger partial charge in [-0.15, -0.1) is 11.3 Å². The van der Waals surface area contributed by atoms with E-state index >= 15 is 4.39 Å². The molecule has 4 saturated heterocycles. The van der Waals surface area contributed by atoms with Crippen LogP contribution in [-0.4, -0.2) is 119 Å². The summed E-state index contributed by atoms with van der Waals surface area (Å²) in [5.74, 6) is 0.408. The number of hydrogen-bond acceptors (Lipinski definition) is 11. The average Bonchev–Trinajstić information content (AvgIpc) is 3.83. The number of benzene rings is 1. The molecule has 1 unspecified atom stereocenters. The van der Waals surface area contributed by atoms with Gasteiger partial charge in [-0.25, -0.2) is 18.6 Å². The van der Waals surface area contributed by atoms with Gasteiger partial charge >= 0.3 is 12.1 Å². The molecule has 0 aliphatic carbocycles. The molecule has 8 rings (SSSR count). The fourth-order valence-electron chi connectivity index (χ4n) is 9.29. The first-order valence-corrected chi connectivity index (χ1v) is 19.9. The normalized spacial score (nSPS) is 26.8. The minimum atomic E-state index is -0.877. The molecule has 4 fully saturated rings. The Morgan fingerprint density at radius 2 is 1.96 bits per heavy atom. The van der Waals surface area contributed by atoms with Crippen molar-refractivity contribution >= 4 is 50.4 Å². The molecule has 5 aliphatic heterocycles. The van der Waals surface area contributed by atoms with Gasteiger partial charge in [-0.05, 0) is 78.5 Å². The number of aromatic nitrogens is 2. The number of aliphatic imine (C=N–C) groups is 1. The van der Waals surface area contributed by atoms with Crippen molar-refractivity contribution in [3.05, 3.63) is 34.8 Å². The molecular weight excluding hydrogens is 713 g/mol. The number of piperazine rings is 1. The smallest absolute Gasteiger partial charge is 0.410 e. The second kappa shape index (κ2) is 13.8. The number of thiophene rings is 1. The summed E-state index contributed by atoms with van der Waals surface area (Å²) < 4.78 is 42.8. The number of anilines is 2. The van der Waals surface area contributed by atoms with Crippen molar-refractivity contribution in [3.8, 4) is 12.1 Å². The van der Waals surface area contributed by atoms with Crippen LogP contribution >= 0.6 is 11.3 Å². The molecule has 0 spiro atoms. The molecule has 0 radical (unpaired) electrons. The first-order chi connectivity index (χ1) is 25.7. The third kappa shape index (κ3) is 6.59. The van der Waals surface area contributed by atoms with Gasteiger partial charge in [0.25, 0.3) is 0 Å². The van der Waals surface area contributed by atoms with Gasteiger partial charge in [0.1, 0.15) is 41.1 Å². The van der Waals surface area contributed by atoms with Crippen molar-refractivity contribution in [1.29, 1.82) is 5.26 Å². The number of alkyl halides is 1. The molecule has 15 heteroatoms. The maximum atomic E-state index is 15.4. The van der Waals surface area contributed by atoms with Crippen molar-refractivity contribution in [3.63, 3.8) is 0 Å². The Morgan fingerprint density at radius 3 is 2.67 bits per heavy atom. The second-order valence-corrected chi connectivity index (χ2v) is 17.8. The van der Waals surface area contributed by atoms with Crippen molar-refractivity contribution in [2.45, 2.75) is 108 Å². The highest BCUT2D eigenvalue weighted by Gasteiger charge is 2.50. The van der Waals surface area contributed by atoms with E-state index in [0.717, 1.165) is 55.0 Å². The molecule has 288 valence electrons. The van der Waals surface area contributed by atoms with Crippen LogP contribution in [0.1, 0.15) is 76.6 Å². The van der Waals surface area contributed by atoms with E-state index in [4.69, 9.17) is 19.4 Å². The molecule has 2 bridgehead atoms. The number of carbonyl (C=O) groups excluding carboxylic acids is 1. The fourth-order valence-corrected chi connectivity index (χ4v) is 10.3. The first kappa shape index (κ1) is 36.7. The van der Waals surface area contributed by atoms with E-state index in [0.29, 0.717) is 66.3 Å². The monoisotopic (exact) mass is 761 g/mol. The number of hydrogen-bond donors (Lipinski definition) is 0. The number of halogens is 2. The molecule has 54 heavy (non-hydrogen) atoms. The van der Waals surface area contributed by atoms with Gasteiger partial charge < -0.3 is 24.2 Å². The Labute approximate surface area is 319 Å². The molecule has 2 aromatic heterocycles. The van der Waals surface area contributed by atoms with Crippen LogP contribution in [0.5, 0.6) is 6.01 Å². The van der Waals surface area contributed by atoms with E-state index in [1.165, 1.54) is 17.4 Å². The average molecular weight is 762 g/mol. The molecule has 5 atom stereocenters. The second-order valence-electron chi connectivity index (χ2n) is 16.9. The zero-order chi connectivity index (χ0) is 38.1. The van der Waals surface area contributed by atoms with E-state index in [-0.39, 0.29) is 35.8 Å². The summed E-state index contributed by atoms with van der Waals surface area (Å²) in [6, 6.07) is 5.69. The van der Waals surface area contributed by atoms with Crippen LogP contribution in [0.25, 0.3) is 10.1 Å². The predicted octanol–water partition coefficient (Wildman–Crippen LogP) is 6.42. The molecule has 0 N–H and O–H groups in total. The highest BCUT2D eigenvalue weighted by atomic mass is 32.1. The zero-order valence-corrected chi connectivity index (χ0v) is 32.8. The van der Waals surface area contributed by atoms with Gasteiger partial charge in [0, 0.05) is 62.8 Å². The van der Waals surface area contributed by atoms with Crippen LogP contribution in [0.3, 0.4) is 0 Å². The summed E-state index contributed by atoms with van der Waals surface area (Å²) in [7, 11) is 3.69. The lowest BCUT2D eigenvalue weighted by atomic mass is 9.95. The Hall–Kier alpha value is -4.29. The predicted molar refractivity (Wildman–Crippen MR) is 205 cm³/mol. The Balaban J connectivity index is 1.16. The lowest BCUT2D eigenvalue weighted by Crippen LogP contribution is -2.57. The highest BCUT2D eigenvalue weighted by molar-refractivity contribution is 7.23. The van der Waals surface area contributed by atoms with Crippen molar-refractivity contribution in [2.75, 3.05) is 56.7 Å². The SMILES string of the molecule is CC1Cc2c(nc(OC[C@@]34CCCN3C[C@H](F)C4)nc2N2C[C@H]3CC[C@@H](C2)N3C(=O)OC(C)(C)C)CN1c1ccc(F)c2sc(N=CN(C)C)c(C#N)c12. The summed E-state index contributed by atoms with van der Waals surface area (Å²) in [5.41, 5.74) is 1.95. The zero-order valence-electron chi connectivity index (χ0n) is 31.9. The highest BCUT2D eigenvalue weighted by Crippen LogP contribution is 2.46. The van der Waals surface area contributed by atoms with Crippen LogP contribution in [0, 0.1) is 17.1 Å². The van der Waals surface area contributed by atoms with Gasteiger partial charge in [-0.2, -0.15) is 15.2 Å². The largest absolute Gasteiger partial charge is 0.461 e. The molecule has 12 nitrogen and oxygen atoms in total. The maximum Gasteiger partial charge on any atom is 0.410 e. The molecule has 1 amide bonds. The summed E-state index contributed by atoms with van der Waals surface area (Å²) in [6.45, 7) is 11.0. The van der Waals surface area contributed by atoms with E-state index in [1.807, 2.05) is 39.8 Å². The van der Waals surface area contributed by atoms with Gasteiger partial charge in [0.05, 0.1) is 46.5 Å². The molecule has 0 saturated carbocycles. The minimum Gasteiger partial charge on any atom is -0.461 e. The standard InChI is InChI=1S/C39H49F2N9O3S/c1-23-14-27-30(20-49(23)31-11-10-29(41)33-32(31)28(16-42)35(54-33)43-22-46(5)6)44-36(52-21-39-12-7-13-48(39)17-24(40)15-39)45-34(27)47-18-25-8-9-26(19-47)50(25)37(51)53-38(2,3)4/h10-11,22-26H,7-9,12-15,17-21H2,1-6H3/t23?,24-,25-,26+,39+/m1/s1. The fraction of sp³-hybridized carbons (Fsp3) is 0.615. The lowest BCUT2D eigenvalue weighted by Gasteiger charge is -2.43. The number of rotatable bonds is 7.